The van der Waals surface area contributed by atoms with Crippen molar-refractivity contribution < 1.29 is 14.3 Å². The summed E-state index contributed by atoms with van der Waals surface area (Å²) in [5.41, 5.74) is 1.27. The van der Waals surface area contributed by atoms with Gasteiger partial charge in [0, 0.05) is 5.56 Å². The molecule has 2 amide bonds. The molecule has 0 aliphatic carbocycles. The van der Waals surface area contributed by atoms with Gasteiger partial charge >= 0.3 is 0 Å². The number of ether oxygens (including phenoxy) is 1. The predicted molar refractivity (Wildman–Crippen MR) is 98.8 cm³/mol. The highest BCUT2D eigenvalue weighted by Crippen LogP contribution is 2.33. The van der Waals surface area contributed by atoms with Crippen molar-refractivity contribution in [3.63, 3.8) is 0 Å². The molecule has 1 aliphatic rings. The maximum Gasteiger partial charge on any atom is 0.273 e. The Bertz CT molecular complexity index is 829. The van der Waals surface area contributed by atoms with Crippen LogP contribution >= 0.6 is 24.0 Å². The number of carbonyl (C=O) groups excluding carboxylic acids is 2. The number of nitrogens with zero attached hydrogens (tertiary/aromatic N) is 1. The fourth-order valence-electron chi connectivity index (χ4n) is 2.21. The Kier molecular flexibility index (Phi) is 4.78. The van der Waals surface area contributed by atoms with Crippen LogP contribution in [0.3, 0.4) is 0 Å². The second-order valence-electron chi connectivity index (χ2n) is 4.96. The van der Waals surface area contributed by atoms with Crippen molar-refractivity contribution in [3.05, 3.63) is 70.6 Å². The third-order valence-corrected chi connectivity index (χ3v) is 4.73. The highest BCUT2D eigenvalue weighted by molar-refractivity contribution is 8.26. The van der Waals surface area contributed by atoms with E-state index in [4.69, 9.17) is 17.0 Å². The van der Waals surface area contributed by atoms with Gasteiger partial charge in [-0.2, -0.15) is 0 Å². The van der Waals surface area contributed by atoms with Crippen LogP contribution in [-0.2, 0) is 4.79 Å². The molecule has 1 heterocycles. The molecule has 1 saturated heterocycles. The molecule has 1 fully saturated rings. The lowest BCUT2D eigenvalue weighted by atomic mass is 10.2. The number of carbonyl (C=O) groups is 2. The van der Waals surface area contributed by atoms with Gasteiger partial charge in [0.15, 0.2) is 4.32 Å². The zero-order chi connectivity index (χ0) is 17.1. The number of hydrogen-bond acceptors (Lipinski definition) is 5. The molecule has 2 aromatic rings. The van der Waals surface area contributed by atoms with Gasteiger partial charge < -0.3 is 4.74 Å². The number of amides is 2. The van der Waals surface area contributed by atoms with Crippen LogP contribution in [0, 0.1) is 0 Å². The molecule has 0 unspecified atom stereocenters. The molecule has 2 aromatic carbocycles. The molecule has 0 aromatic heterocycles. The highest BCUT2D eigenvalue weighted by Gasteiger charge is 2.37. The van der Waals surface area contributed by atoms with Gasteiger partial charge in [0.2, 0.25) is 0 Å². The van der Waals surface area contributed by atoms with Gasteiger partial charge in [0.25, 0.3) is 11.8 Å². The Morgan fingerprint density at radius 1 is 1.12 bits per heavy atom. The van der Waals surface area contributed by atoms with Crippen molar-refractivity contribution >= 4 is 46.2 Å². The van der Waals surface area contributed by atoms with Crippen LogP contribution in [-0.4, -0.2) is 28.1 Å². The lowest BCUT2D eigenvalue weighted by Crippen LogP contribution is -2.34. The molecule has 120 valence electrons. The van der Waals surface area contributed by atoms with Crippen molar-refractivity contribution in [2.24, 2.45) is 0 Å². The molecule has 0 atom stereocenters. The molecule has 6 heteroatoms. The zero-order valence-electron chi connectivity index (χ0n) is 12.8. The topological polar surface area (TPSA) is 46.6 Å². The van der Waals surface area contributed by atoms with Crippen LogP contribution in [0.2, 0.25) is 0 Å². The number of hydrogen-bond donors (Lipinski definition) is 0. The lowest BCUT2D eigenvalue weighted by molar-refractivity contribution is -0.120. The van der Waals surface area contributed by atoms with Crippen molar-refractivity contribution in [1.29, 1.82) is 0 Å². The Balaban J connectivity index is 1.86. The van der Waals surface area contributed by atoms with Crippen molar-refractivity contribution in [3.8, 4) is 5.75 Å². The average molecular weight is 355 g/mol. The minimum Gasteiger partial charge on any atom is -0.497 e. The van der Waals surface area contributed by atoms with Gasteiger partial charge in [-0.05, 0) is 35.9 Å². The maximum absolute atomic E-state index is 12.6. The number of benzene rings is 2. The maximum atomic E-state index is 12.6. The molecular formula is C18H13NO3S2. The summed E-state index contributed by atoms with van der Waals surface area (Å²) >= 11 is 6.35. The number of thiocarbonyl (C=S) groups is 1. The standard InChI is InChI=1S/C18H13NO3S2/c1-22-14-9-7-13(8-10-14)16(20)19-17(21)15(24-18(19)23)11-12-5-3-2-4-6-12/h2-11H,1H3/b15-11+. The van der Waals surface area contributed by atoms with Gasteiger partial charge in [0.05, 0.1) is 12.0 Å². The van der Waals surface area contributed by atoms with Gasteiger partial charge in [-0.1, -0.05) is 54.3 Å². The first-order chi connectivity index (χ1) is 11.6. The van der Waals surface area contributed by atoms with E-state index in [-0.39, 0.29) is 4.32 Å². The summed E-state index contributed by atoms with van der Waals surface area (Å²) in [5.74, 6) is -0.188. The molecule has 0 radical (unpaired) electrons. The minimum atomic E-state index is -0.434. The van der Waals surface area contributed by atoms with Crippen LogP contribution in [0.4, 0.5) is 0 Å². The van der Waals surface area contributed by atoms with Crippen molar-refractivity contribution in [2.45, 2.75) is 0 Å². The molecule has 0 N–H and O–H groups in total. The molecule has 0 spiro atoms. The summed E-state index contributed by atoms with van der Waals surface area (Å²) in [7, 11) is 1.55. The van der Waals surface area contributed by atoms with Crippen LogP contribution in [0.5, 0.6) is 5.75 Å². The Hall–Kier alpha value is -2.44. The van der Waals surface area contributed by atoms with Crippen LogP contribution < -0.4 is 4.74 Å². The first-order valence-electron chi connectivity index (χ1n) is 7.11. The van der Waals surface area contributed by atoms with E-state index in [1.165, 1.54) is 0 Å². The summed E-state index contributed by atoms with van der Waals surface area (Å²) in [6.45, 7) is 0. The third kappa shape index (κ3) is 3.25. The first kappa shape index (κ1) is 16.4. The Labute approximate surface area is 149 Å². The van der Waals surface area contributed by atoms with Crippen molar-refractivity contribution in [2.75, 3.05) is 7.11 Å². The Morgan fingerprint density at radius 3 is 2.42 bits per heavy atom. The quantitative estimate of drug-likeness (QED) is 0.477. The zero-order valence-corrected chi connectivity index (χ0v) is 14.4. The number of imide groups is 1. The van der Waals surface area contributed by atoms with E-state index in [2.05, 4.69) is 0 Å². The monoisotopic (exact) mass is 355 g/mol. The summed E-state index contributed by atoms with van der Waals surface area (Å²) in [5, 5.41) is 0. The van der Waals surface area contributed by atoms with E-state index in [1.54, 1.807) is 37.5 Å². The van der Waals surface area contributed by atoms with E-state index in [1.807, 2.05) is 30.3 Å². The van der Waals surface area contributed by atoms with E-state index in [9.17, 15) is 9.59 Å². The molecule has 0 saturated carbocycles. The smallest absolute Gasteiger partial charge is 0.273 e. The van der Waals surface area contributed by atoms with Crippen LogP contribution in [0.1, 0.15) is 15.9 Å². The summed E-state index contributed by atoms with van der Waals surface area (Å²) < 4.78 is 5.31. The summed E-state index contributed by atoms with van der Waals surface area (Å²) in [6.07, 6.45) is 1.74. The molecule has 3 rings (SSSR count). The van der Waals surface area contributed by atoms with Gasteiger partial charge in [0.1, 0.15) is 5.75 Å². The fourth-order valence-corrected chi connectivity index (χ4v) is 3.46. The molecule has 24 heavy (non-hydrogen) atoms. The van der Waals surface area contributed by atoms with E-state index in [0.717, 1.165) is 22.2 Å². The normalized spacial score (nSPS) is 15.9. The van der Waals surface area contributed by atoms with Gasteiger partial charge in [-0.3, -0.25) is 9.59 Å². The number of methoxy groups -OCH3 is 1. The van der Waals surface area contributed by atoms with Gasteiger partial charge in [-0.25, -0.2) is 4.90 Å². The number of thioether (sulfide) groups is 1. The molecule has 1 aliphatic heterocycles. The molecule has 0 bridgehead atoms. The van der Waals surface area contributed by atoms with E-state index >= 15 is 0 Å². The summed E-state index contributed by atoms with van der Waals surface area (Å²) in [4.78, 5) is 26.6. The molecule has 4 nitrogen and oxygen atoms in total. The fraction of sp³-hybridized carbons (Fsp3) is 0.0556. The van der Waals surface area contributed by atoms with Crippen LogP contribution in [0.25, 0.3) is 6.08 Å². The molecular weight excluding hydrogens is 342 g/mol. The van der Waals surface area contributed by atoms with Gasteiger partial charge in [-0.15, -0.1) is 0 Å². The minimum absolute atomic E-state index is 0.239. The first-order valence-corrected chi connectivity index (χ1v) is 8.34. The SMILES string of the molecule is COc1ccc(C(=O)N2C(=O)/C(=C\c3ccccc3)SC2=S)cc1. The largest absolute Gasteiger partial charge is 0.497 e. The lowest BCUT2D eigenvalue weighted by Gasteiger charge is -2.12. The second-order valence-corrected chi connectivity index (χ2v) is 6.64. The average Bonchev–Trinajstić information content (AvgIpc) is 2.89. The predicted octanol–water partition coefficient (Wildman–Crippen LogP) is 3.74. The van der Waals surface area contributed by atoms with E-state index < -0.39 is 11.8 Å². The second kappa shape index (κ2) is 6.98. The Morgan fingerprint density at radius 2 is 1.79 bits per heavy atom. The highest BCUT2D eigenvalue weighted by atomic mass is 32.2. The van der Waals surface area contributed by atoms with Crippen LogP contribution in [0.15, 0.2) is 59.5 Å². The summed E-state index contributed by atoms with van der Waals surface area (Å²) in [6, 6.07) is 16.0. The third-order valence-electron chi connectivity index (χ3n) is 3.43. The van der Waals surface area contributed by atoms with Crippen molar-refractivity contribution in [1.82, 2.24) is 4.90 Å². The van der Waals surface area contributed by atoms with E-state index in [0.29, 0.717) is 16.2 Å². The number of rotatable bonds is 3.